The Balaban J connectivity index is 2.12. The zero-order chi connectivity index (χ0) is 21.8. The molecule has 1 amide bonds. The molecule has 0 heterocycles. The molecular formula is C18H18F4N2O5. The third-order valence-electron chi connectivity index (χ3n) is 3.89. The van der Waals surface area contributed by atoms with Crippen molar-refractivity contribution in [3.63, 3.8) is 0 Å². The van der Waals surface area contributed by atoms with Crippen LogP contribution in [0.15, 0.2) is 36.4 Å². The summed E-state index contributed by atoms with van der Waals surface area (Å²) in [4.78, 5) is 15.8. The molecule has 158 valence electrons. The standard InChI is InChI=1S/C18H18F4N2O5/c1-10-3-5-12(8-14(10)19)28-9-17(2,26)16(25)23-11-4-6-15(24-29-27)13(7-11)18(20,21)22/h3-8,24,26-27H,9H2,1-2H3,(H,23,25)/t17-/m0/s1. The molecule has 0 saturated carbocycles. The first-order valence-corrected chi connectivity index (χ1v) is 8.14. The van der Waals surface area contributed by atoms with Crippen LogP contribution in [0.2, 0.25) is 0 Å². The molecule has 7 nitrogen and oxygen atoms in total. The molecule has 0 bridgehead atoms. The predicted molar refractivity (Wildman–Crippen MR) is 94.7 cm³/mol. The summed E-state index contributed by atoms with van der Waals surface area (Å²) >= 11 is 0. The molecule has 11 heteroatoms. The van der Waals surface area contributed by atoms with Gasteiger partial charge in [-0.25, -0.2) is 15.1 Å². The van der Waals surface area contributed by atoms with Crippen LogP contribution in [0.5, 0.6) is 5.75 Å². The monoisotopic (exact) mass is 418 g/mol. The molecule has 1 atom stereocenters. The maximum Gasteiger partial charge on any atom is 0.418 e. The number of anilines is 2. The lowest BCUT2D eigenvalue weighted by atomic mass is 10.1. The summed E-state index contributed by atoms with van der Waals surface area (Å²) in [6.07, 6.45) is -4.82. The van der Waals surface area contributed by atoms with E-state index >= 15 is 0 Å². The second-order valence-corrected chi connectivity index (χ2v) is 6.38. The van der Waals surface area contributed by atoms with Gasteiger partial charge in [0.15, 0.2) is 5.60 Å². The lowest BCUT2D eigenvalue weighted by Crippen LogP contribution is -2.45. The minimum atomic E-state index is -4.82. The molecule has 0 aliphatic rings. The topological polar surface area (TPSA) is 100 Å². The summed E-state index contributed by atoms with van der Waals surface area (Å²) in [6, 6.07) is 6.57. The third-order valence-corrected chi connectivity index (χ3v) is 3.89. The first-order valence-electron chi connectivity index (χ1n) is 8.14. The summed E-state index contributed by atoms with van der Waals surface area (Å²) in [6.45, 7) is 2.06. The van der Waals surface area contributed by atoms with Crippen molar-refractivity contribution in [1.82, 2.24) is 0 Å². The van der Waals surface area contributed by atoms with E-state index < -0.39 is 41.4 Å². The second kappa shape index (κ2) is 8.64. The van der Waals surface area contributed by atoms with E-state index in [0.717, 1.165) is 25.1 Å². The van der Waals surface area contributed by atoms with Gasteiger partial charge in [-0.2, -0.15) is 13.2 Å². The van der Waals surface area contributed by atoms with Gasteiger partial charge >= 0.3 is 6.18 Å². The molecule has 2 rings (SSSR count). The Kier molecular flexibility index (Phi) is 6.67. The van der Waals surface area contributed by atoms with Crippen LogP contribution in [0.25, 0.3) is 0 Å². The number of halogens is 4. The highest BCUT2D eigenvalue weighted by Gasteiger charge is 2.35. The number of amides is 1. The number of carbonyl (C=O) groups excluding carboxylic acids is 1. The summed E-state index contributed by atoms with van der Waals surface area (Å²) in [5, 5.41) is 20.7. The van der Waals surface area contributed by atoms with Crippen molar-refractivity contribution in [3.8, 4) is 5.75 Å². The van der Waals surface area contributed by atoms with Crippen molar-refractivity contribution in [2.24, 2.45) is 0 Å². The minimum Gasteiger partial charge on any atom is -0.490 e. The van der Waals surface area contributed by atoms with E-state index in [9.17, 15) is 27.5 Å². The van der Waals surface area contributed by atoms with E-state index in [1.807, 2.05) is 0 Å². The van der Waals surface area contributed by atoms with Crippen LogP contribution in [0.4, 0.5) is 28.9 Å². The van der Waals surface area contributed by atoms with Gasteiger partial charge in [0.05, 0.1) is 11.3 Å². The number of carbonyl (C=O) groups is 1. The molecule has 0 aliphatic heterocycles. The highest BCUT2D eigenvalue weighted by atomic mass is 19.4. The van der Waals surface area contributed by atoms with Crippen LogP contribution in [0.1, 0.15) is 18.1 Å². The number of benzene rings is 2. The maximum absolute atomic E-state index is 13.5. The SMILES string of the molecule is Cc1ccc(OC[C@](C)(O)C(=O)Nc2ccc(NOO)c(C(F)(F)F)c2)cc1F. The highest BCUT2D eigenvalue weighted by molar-refractivity contribution is 5.97. The van der Waals surface area contributed by atoms with Gasteiger partial charge in [-0.3, -0.25) is 4.79 Å². The Morgan fingerprint density at radius 1 is 1.17 bits per heavy atom. The Morgan fingerprint density at radius 3 is 2.45 bits per heavy atom. The summed E-state index contributed by atoms with van der Waals surface area (Å²) < 4.78 is 58.0. The summed E-state index contributed by atoms with van der Waals surface area (Å²) in [5.41, 5.74) is -2.18. The number of alkyl halides is 3. The smallest absolute Gasteiger partial charge is 0.418 e. The molecule has 2 aromatic carbocycles. The van der Waals surface area contributed by atoms with Gasteiger partial charge < -0.3 is 15.2 Å². The average Bonchev–Trinajstić information content (AvgIpc) is 2.63. The van der Waals surface area contributed by atoms with Crippen LogP contribution in [0.3, 0.4) is 0 Å². The van der Waals surface area contributed by atoms with Crippen LogP contribution < -0.4 is 15.5 Å². The molecule has 0 saturated heterocycles. The number of rotatable bonds is 7. The van der Waals surface area contributed by atoms with E-state index in [1.165, 1.54) is 12.1 Å². The molecule has 0 radical (unpaired) electrons. The van der Waals surface area contributed by atoms with Gasteiger partial charge in [0, 0.05) is 11.8 Å². The van der Waals surface area contributed by atoms with E-state index in [1.54, 1.807) is 12.4 Å². The molecule has 0 aromatic heterocycles. The fourth-order valence-electron chi connectivity index (χ4n) is 2.21. The zero-order valence-electron chi connectivity index (χ0n) is 15.3. The largest absolute Gasteiger partial charge is 0.490 e. The molecule has 0 fully saturated rings. The number of hydrogen-bond donors (Lipinski definition) is 4. The normalized spacial score (nSPS) is 13.5. The first-order chi connectivity index (χ1) is 13.4. The Labute approximate surface area is 162 Å². The van der Waals surface area contributed by atoms with Gasteiger partial charge in [-0.1, -0.05) is 6.07 Å². The van der Waals surface area contributed by atoms with E-state index in [-0.39, 0.29) is 11.4 Å². The quantitative estimate of drug-likeness (QED) is 0.311. The van der Waals surface area contributed by atoms with E-state index in [4.69, 9.17) is 9.99 Å². The van der Waals surface area contributed by atoms with Gasteiger partial charge in [-0.05, 0) is 43.7 Å². The predicted octanol–water partition coefficient (Wildman–Crippen LogP) is 3.74. The van der Waals surface area contributed by atoms with Crippen molar-refractivity contribution in [2.75, 3.05) is 17.4 Å². The highest BCUT2D eigenvalue weighted by Crippen LogP contribution is 2.36. The lowest BCUT2D eigenvalue weighted by Gasteiger charge is -2.23. The first kappa shape index (κ1) is 22.4. The molecule has 29 heavy (non-hydrogen) atoms. The number of aryl methyl sites for hydroxylation is 1. The molecule has 0 spiro atoms. The van der Waals surface area contributed by atoms with Crippen molar-refractivity contribution < 1.29 is 42.4 Å². The van der Waals surface area contributed by atoms with Crippen LogP contribution in [0, 0.1) is 12.7 Å². The van der Waals surface area contributed by atoms with E-state index in [0.29, 0.717) is 11.6 Å². The Hall–Kier alpha value is -2.89. The number of aliphatic hydroxyl groups is 1. The van der Waals surface area contributed by atoms with Crippen molar-refractivity contribution >= 4 is 17.3 Å². The summed E-state index contributed by atoms with van der Waals surface area (Å²) in [7, 11) is 0. The molecular weight excluding hydrogens is 400 g/mol. The Bertz CT molecular complexity index is 887. The lowest BCUT2D eigenvalue weighted by molar-refractivity contribution is -0.216. The fourth-order valence-corrected chi connectivity index (χ4v) is 2.21. The number of nitrogens with one attached hydrogen (secondary N) is 2. The third kappa shape index (κ3) is 5.79. The Morgan fingerprint density at radius 2 is 1.86 bits per heavy atom. The maximum atomic E-state index is 13.5. The fraction of sp³-hybridized carbons (Fsp3) is 0.278. The van der Waals surface area contributed by atoms with Gasteiger partial charge in [-0.15, -0.1) is 4.99 Å². The molecule has 2 aromatic rings. The van der Waals surface area contributed by atoms with Gasteiger partial charge in [0.1, 0.15) is 18.2 Å². The minimum absolute atomic E-state index is 0.0694. The van der Waals surface area contributed by atoms with Crippen LogP contribution in [-0.2, 0) is 16.0 Å². The number of ether oxygens (including phenoxy) is 1. The van der Waals surface area contributed by atoms with Crippen molar-refractivity contribution in [3.05, 3.63) is 53.3 Å². The van der Waals surface area contributed by atoms with Crippen molar-refractivity contribution in [2.45, 2.75) is 25.6 Å². The summed E-state index contributed by atoms with van der Waals surface area (Å²) in [5.74, 6) is -1.51. The van der Waals surface area contributed by atoms with E-state index in [2.05, 4.69) is 10.3 Å². The van der Waals surface area contributed by atoms with Crippen LogP contribution >= 0.6 is 0 Å². The van der Waals surface area contributed by atoms with Gasteiger partial charge in [0.25, 0.3) is 5.91 Å². The zero-order valence-corrected chi connectivity index (χ0v) is 15.3. The molecule has 4 N–H and O–H groups in total. The number of hydrogen-bond acceptors (Lipinski definition) is 6. The van der Waals surface area contributed by atoms with Crippen LogP contribution in [-0.4, -0.2) is 28.5 Å². The average molecular weight is 418 g/mol. The molecule has 0 aliphatic carbocycles. The molecule has 0 unspecified atom stereocenters. The van der Waals surface area contributed by atoms with Gasteiger partial charge in [0.2, 0.25) is 0 Å². The van der Waals surface area contributed by atoms with Crippen molar-refractivity contribution in [1.29, 1.82) is 0 Å². The second-order valence-electron chi connectivity index (χ2n) is 6.38.